The monoisotopic (exact) mass is 153 g/mol. The van der Waals surface area contributed by atoms with Crippen LogP contribution in [-0.2, 0) is 0 Å². The Morgan fingerprint density at radius 3 is 3.10 bits per heavy atom. The van der Waals surface area contributed by atoms with Crippen molar-refractivity contribution < 1.29 is 0 Å². The van der Waals surface area contributed by atoms with E-state index in [0.717, 1.165) is 5.65 Å². The molecule has 0 saturated carbocycles. The number of halogens is 1. The molecule has 0 saturated heterocycles. The maximum Gasteiger partial charge on any atom is 0.157 e. The van der Waals surface area contributed by atoms with Crippen LogP contribution in [0.2, 0.25) is 5.15 Å². The molecule has 0 aliphatic rings. The van der Waals surface area contributed by atoms with Crippen LogP contribution in [0.4, 0.5) is 0 Å². The van der Waals surface area contributed by atoms with E-state index >= 15 is 0 Å². The molecular formula is C6H4ClN3. The molecule has 0 aliphatic heterocycles. The standard InChI is InChI=1S/C6H4ClN3/c7-5-2-1-3-6-8-4-9-10(5)6/h1-4H. The van der Waals surface area contributed by atoms with Gasteiger partial charge in [0.05, 0.1) is 0 Å². The molecule has 0 unspecified atom stereocenters. The second kappa shape index (κ2) is 1.95. The van der Waals surface area contributed by atoms with E-state index in [4.69, 9.17) is 11.6 Å². The summed E-state index contributed by atoms with van der Waals surface area (Å²) in [7, 11) is 0. The first-order chi connectivity index (χ1) is 4.88. The van der Waals surface area contributed by atoms with Gasteiger partial charge in [0.25, 0.3) is 0 Å². The van der Waals surface area contributed by atoms with Gasteiger partial charge in [0.1, 0.15) is 11.5 Å². The Hall–Kier alpha value is -1.09. The van der Waals surface area contributed by atoms with Gasteiger partial charge < -0.3 is 0 Å². The lowest BCUT2D eigenvalue weighted by Gasteiger charge is -1.91. The van der Waals surface area contributed by atoms with E-state index in [1.807, 2.05) is 12.1 Å². The second-order valence-electron chi connectivity index (χ2n) is 1.88. The predicted octanol–water partition coefficient (Wildman–Crippen LogP) is 1.38. The molecule has 2 rings (SSSR count). The lowest BCUT2D eigenvalue weighted by molar-refractivity contribution is 0.962. The van der Waals surface area contributed by atoms with E-state index < -0.39 is 0 Å². The Labute approximate surface area is 62.3 Å². The van der Waals surface area contributed by atoms with Gasteiger partial charge in [-0.2, -0.15) is 5.10 Å². The zero-order valence-corrected chi connectivity index (χ0v) is 5.78. The first-order valence-electron chi connectivity index (χ1n) is 2.82. The summed E-state index contributed by atoms with van der Waals surface area (Å²) in [6.45, 7) is 0. The molecule has 4 heteroatoms. The third-order valence-electron chi connectivity index (χ3n) is 1.26. The zero-order valence-electron chi connectivity index (χ0n) is 5.03. The molecule has 0 amide bonds. The zero-order chi connectivity index (χ0) is 6.97. The average molecular weight is 154 g/mol. The summed E-state index contributed by atoms with van der Waals surface area (Å²) in [5, 5.41) is 4.47. The molecule has 0 N–H and O–H groups in total. The number of hydrogen-bond acceptors (Lipinski definition) is 2. The summed E-state index contributed by atoms with van der Waals surface area (Å²) in [6.07, 6.45) is 1.47. The van der Waals surface area contributed by atoms with Gasteiger partial charge in [-0.05, 0) is 12.1 Å². The smallest absolute Gasteiger partial charge is 0.157 e. The van der Waals surface area contributed by atoms with Crippen molar-refractivity contribution in [1.29, 1.82) is 0 Å². The molecule has 2 heterocycles. The Morgan fingerprint density at radius 1 is 1.40 bits per heavy atom. The highest BCUT2D eigenvalue weighted by atomic mass is 35.5. The second-order valence-corrected chi connectivity index (χ2v) is 2.27. The van der Waals surface area contributed by atoms with Gasteiger partial charge in [-0.3, -0.25) is 0 Å². The van der Waals surface area contributed by atoms with Crippen molar-refractivity contribution >= 4 is 17.2 Å². The molecule has 0 atom stereocenters. The van der Waals surface area contributed by atoms with Crippen LogP contribution in [0.5, 0.6) is 0 Å². The number of aromatic nitrogens is 3. The summed E-state index contributed by atoms with van der Waals surface area (Å²) in [5.41, 5.74) is 0.771. The molecule has 0 fully saturated rings. The van der Waals surface area contributed by atoms with Crippen molar-refractivity contribution in [1.82, 2.24) is 14.6 Å². The van der Waals surface area contributed by atoms with Gasteiger partial charge in [-0.25, -0.2) is 9.50 Å². The molecule has 3 nitrogen and oxygen atoms in total. The molecular weight excluding hydrogens is 150 g/mol. The third-order valence-corrected chi connectivity index (χ3v) is 1.54. The molecule has 10 heavy (non-hydrogen) atoms. The summed E-state index contributed by atoms with van der Waals surface area (Å²) >= 11 is 5.76. The molecule has 0 bridgehead atoms. The highest BCUT2D eigenvalue weighted by Gasteiger charge is 1.95. The minimum atomic E-state index is 0.579. The summed E-state index contributed by atoms with van der Waals surface area (Å²) in [4.78, 5) is 3.95. The lowest BCUT2D eigenvalue weighted by atomic mass is 10.5. The van der Waals surface area contributed by atoms with E-state index in [-0.39, 0.29) is 0 Å². The Balaban J connectivity index is 2.95. The fourth-order valence-corrected chi connectivity index (χ4v) is 1.02. The Bertz CT molecular complexity index is 355. The van der Waals surface area contributed by atoms with E-state index in [1.165, 1.54) is 6.33 Å². The molecule has 2 aromatic heterocycles. The first-order valence-corrected chi connectivity index (χ1v) is 3.20. The van der Waals surface area contributed by atoms with Crippen LogP contribution >= 0.6 is 11.6 Å². The molecule has 2 aromatic rings. The van der Waals surface area contributed by atoms with Crippen LogP contribution in [0.1, 0.15) is 0 Å². The van der Waals surface area contributed by atoms with Crippen molar-refractivity contribution in [2.75, 3.05) is 0 Å². The SMILES string of the molecule is Clc1cccc2ncnn12. The van der Waals surface area contributed by atoms with E-state index in [2.05, 4.69) is 10.1 Å². The van der Waals surface area contributed by atoms with Crippen molar-refractivity contribution in [3.63, 3.8) is 0 Å². The van der Waals surface area contributed by atoms with Gasteiger partial charge in [0.2, 0.25) is 0 Å². The number of nitrogens with zero attached hydrogens (tertiary/aromatic N) is 3. The molecule has 0 radical (unpaired) electrons. The Kier molecular flexibility index (Phi) is 1.11. The normalized spacial score (nSPS) is 10.5. The van der Waals surface area contributed by atoms with Crippen LogP contribution in [-0.4, -0.2) is 14.6 Å². The quantitative estimate of drug-likeness (QED) is 0.536. The Morgan fingerprint density at radius 2 is 2.30 bits per heavy atom. The van der Waals surface area contributed by atoms with Crippen molar-refractivity contribution in [2.45, 2.75) is 0 Å². The predicted molar refractivity (Wildman–Crippen MR) is 38.0 cm³/mol. The van der Waals surface area contributed by atoms with Gasteiger partial charge in [0.15, 0.2) is 5.65 Å². The largest absolute Gasteiger partial charge is 0.215 e. The first kappa shape index (κ1) is 5.68. The maximum atomic E-state index is 5.76. The van der Waals surface area contributed by atoms with Crippen LogP contribution < -0.4 is 0 Å². The minimum Gasteiger partial charge on any atom is -0.215 e. The minimum absolute atomic E-state index is 0.579. The van der Waals surface area contributed by atoms with Crippen molar-refractivity contribution in [2.24, 2.45) is 0 Å². The summed E-state index contributed by atoms with van der Waals surface area (Å²) in [5.74, 6) is 0. The third kappa shape index (κ3) is 0.675. The number of pyridine rings is 1. The van der Waals surface area contributed by atoms with Crippen LogP contribution in [0.25, 0.3) is 5.65 Å². The van der Waals surface area contributed by atoms with E-state index in [1.54, 1.807) is 10.6 Å². The highest BCUT2D eigenvalue weighted by Crippen LogP contribution is 2.07. The van der Waals surface area contributed by atoms with Crippen molar-refractivity contribution in [3.8, 4) is 0 Å². The molecule has 0 aromatic carbocycles. The van der Waals surface area contributed by atoms with Crippen molar-refractivity contribution in [3.05, 3.63) is 29.7 Å². The number of fused-ring (bicyclic) bond motifs is 1. The highest BCUT2D eigenvalue weighted by molar-refractivity contribution is 6.29. The van der Waals surface area contributed by atoms with E-state index in [0.29, 0.717) is 5.15 Å². The summed E-state index contributed by atoms with van der Waals surface area (Å²) in [6, 6.07) is 5.45. The summed E-state index contributed by atoms with van der Waals surface area (Å²) < 4.78 is 1.57. The topological polar surface area (TPSA) is 30.2 Å². The fraction of sp³-hybridized carbons (Fsp3) is 0. The average Bonchev–Trinajstić information content (AvgIpc) is 2.36. The van der Waals surface area contributed by atoms with E-state index in [9.17, 15) is 0 Å². The van der Waals surface area contributed by atoms with Gasteiger partial charge in [-0.15, -0.1) is 0 Å². The number of hydrogen-bond donors (Lipinski definition) is 0. The van der Waals surface area contributed by atoms with Gasteiger partial charge >= 0.3 is 0 Å². The van der Waals surface area contributed by atoms with Gasteiger partial charge in [-0.1, -0.05) is 17.7 Å². The van der Waals surface area contributed by atoms with Crippen LogP contribution in [0.3, 0.4) is 0 Å². The number of rotatable bonds is 0. The molecule has 0 aliphatic carbocycles. The molecule has 0 spiro atoms. The molecule has 50 valence electrons. The maximum absolute atomic E-state index is 5.76. The lowest BCUT2D eigenvalue weighted by Crippen LogP contribution is -1.86. The van der Waals surface area contributed by atoms with Gasteiger partial charge in [0, 0.05) is 0 Å². The van der Waals surface area contributed by atoms with Crippen LogP contribution in [0.15, 0.2) is 24.5 Å². The van der Waals surface area contributed by atoms with Crippen LogP contribution in [0, 0.1) is 0 Å². The fourth-order valence-electron chi connectivity index (χ4n) is 0.813.